The molecule has 0 aliphatic carbocycles. The highest BCUT2D eigenvalue weighted by atomic mass is 35.5. The maximum atomic E-state index is 5.92. The molecule has 1 aromatic rings. The molecular weight excluding hydrogens is 226 g/mol. The maximum Gasteiger partial charge on any atom is 0.0814 e. The highest BCUT2D eigenvalue weighted by molar-refractivity contribution is 6.31. The minimum absolute atomic E-state index is 0.406. The number of hydrogen-bond donors (Lipinski definition) is 1. The molecule has 1 unspecified atom stereocenters. The van der Waals surface area contributed by atoms with Crippen LogP contribution in [-0.2, 0) is 11.3 Å². The molecule has 0 aromatic carbocycles. The zero-order valence-electron chi connectivity index (χ0n) is 9.58. The van der Waals surface area contributed by atoms with Gasteiger partial charge in [-0.3, -0.25) is 4.68 Å². The van der Waals surface area contributed by atoms with Gasteiger partial charge in [0, 0.05) is 25.9 Å². The average Bonchev–Trinajstić information content (AvgIpc) is 2.85. The monoisotopic (exact) mass is 243 g/mol. The zero-order chi connectivity index (χ0) is 11.4. The lowest BCUT2D eigenvalue weighted by atomic mass is 10.2. The molecule has 1 fully saturated rings. The van der Waals surface area contributed by atoms with Crippen molar-refractivity contribution in [3.63, 3.8) is 0 Å². The zero-order valence-corrected chi connectivity index (χ0v) is 10.3. The van der Waals surface area contributed by atoms with E-state index in [1.165, 1.54) is 12.8 Å². The van der Waals surface area contributed by atoms with Crippen LogP contribution in [0.3, 0.4) is 0 Å². The number of hydrogen-bond acceptors (Lipinski definition) is 3. The Labute approximate surface area is 101 Å². The summed E-state index contributed by atoms with van der Waals surface area (Å²) in [6.07, 6.45) is 4.65. The second-order valence-corrected chi connectivity index (χ2v) is 4.57. The van der Waals surface area contributed by atoms with Crippen molar-refractivity contribution in [2.75, 3.05) is 19.7 Å². The summed E-state index contributed by atoms with van der Waals surface area (Å²) in [6, 6.07) is 0. The summed E-state index contributed by atoms with van der Waals surface area (Å²) in [6.45, 7) is 5.52. The van der Waals surface area contributed by atoms with Gasteiger partial charge in [-0.05, 0) is 19.8 Å². The Morgan fingerprint density at radius 3 is 3.19 bits per heavy atom. The van der Waals surface area contributed by atoms with E-state index < -0.39 is 0 Å². The number of rotatable bonds is 5. The largest absolute Gasteiger partial charge is 0.377 e. The SMILES string of the molecule is Cc1nn(CCNCC2CCCO2)cc1Cl. The van der Waals surface area contributed by atoms with E-state index in [1.807, 2.05) is 17.8 Å². The number of nitrogens with one attached hydrogen (secondary N) is 1. The molecule has 1 aliphatic heterocycles. The molecule has 90 valence electrons. The second kappa shape index (κ2) is 5.66. The molecule has 5 heteroatoms. The Balaban J connectivity index is 1.64. The molecule has 1 atom stereocenters. The van der Waals surface area contributed by atoms with Crippen LogP contribution < -0.4 is 5.32 Å². The van der Waals surface area contributed by atoms with Gasteiger partial charge in [0.2, 0.25) is 0 Å². The van der Waals surface area contributed by atoms with Crippen LogP contribution in [0.5, 0.6) is 0 Å². The fourth-order valence-electron chi connectivity index (χ4n) is 1.87. The van der Waals surface area contributed by atoms with E-state index in [2.05, 4.69) is 10.4 Å². The lowest BCUT2D eigenvalue weighted by Crippen LogP contribution is -2.29. The predicted molar refractivity (Wildman–Crippen MR) is 63.8 cm³/mol. The minimum atomic E-state index is 0.406. The molecule has 0 spiro atoms. The number of aromatic nitrogens is 2. The normalized spacial score (nSPS) is 20.5. The topological polar surface area (TPSA) is 39.1 Å². The second-order valence-electron chi connectivity index (χ2n) is 4.16. The predicted octanol–water partition coefficient (Wildman–Crippen LogP) is 1.61. The van der Waals surface area contributed by atoms with Crippen molar-refractivity contribution in [1.29, 1.82) is 0 Å². The first kappa shape index (κ1) is 11.9. The molecule has 16 heavy (non-hydrogen) atoms. The van der Waals surface area contributed by atoms with E-state index in [1.54, 1.807) is 0 Å². The average molecular weight is 244 g/mol. The van der Waals surface area contributed by atoms with Gasteiger partial charge in [0.05, 0.1) is 23.4 Å². The van der Waals surface area contributed by atoms with Crippen molar-refractivity contribution in [3.05, 3.63) is 16.9 Å². The van der Waals surface area contributed by atoms with Crippen LogP contribution in [0.4, 0.5) is 0 Å². The molecule has 0 amide bonds. The first-order valence-electron chi connectivity index (χ1n) is 5.77. The van der Waals surface area contributed by atoms with Gasteiger partial charge in [-0.1, -0.05) is 11.6 Å². The molecule has 1 aliphatic rings. The molecule has 2 heterocycles. The third kappa shape index (κ3) is 3.20. The fraction of sp³-hybridized carbons (Fsp3) is 0.727. The third-order valence-electron chi connectivity index (χ3n) is 2.80. The van der Waals surface area contributed by atoms with Crippen LogP contribution in [0.1, 0.15) is 18.5 Å². The van der Waals surface area contributed by atoms with Crippen LogP contribution in [0.2, 0.25) is 5.02 Å². The lowest BCUT2D eigenvalue weighted by molar-refractivity contribution is 0.110. The molecule has 0 radical (unpaired) electrons. The van der Waals surface area contributed by atoms with Crippen LogP contribution in [-0.4, -0.2) is 35.6 Å². The van der Waals surface area contributed by atoms with Gasteiger partial charge < -0.3 is 10.1 Å². The summed E-state index contributed by atoms with van der Waals surface area (Å²) in [5.41, 5.74) is 0.890. The molecule has 2 rings (SSSR count). The Hall–Kier alpha value is -0.580. The van der Waals surface area contributed by atoms with Gasteiger partial charge >= 0.3 is 0 Å². The molecule has 1 N–H and O–H groups in total. The Kier molecular flexibility index (Phi) is 4.21. The first-order valence-corrected chi connectivity index (χ1v) is 6.15. The van der Waals surface area contributed by atoms with E-state index in [4.69, 9.17) is 16.3 Å². The molecule has 1 saturated heterocycles. The molecule has 0 saturated carbocycles. The van der Waals surface area contributed by atoms with Gasteiger partial charge in [0.25, 0.3) is 0 Å². The van der Waals surface area contributed by atoms with Crippen LogP contribution in [0.15, 0.2) is 6.20 Å². The highest BCUT2D eigenvalue weighted by Gasteiger charge is 2.14. The van der Waals surface area contributed by atoms with Crippen molar-refractivity contribution in [1.82, 2.24) is 15.1 Å². The van der Waals surface area contributed by atoms with Crippen molar-refractivity contribution in [3.8, 4) is 0 Å². The molecule has 0 bridgehead atoms. The standard InChI is InChI=1S/C11H18ClN3O/c1-9-11(12)8-15(14-9)5-4-13-7-10-3-2-6-16-10/h8,10,13H,2-7H2,1H3. The van der Waals surface area contributed by atoms with E-state index in [-0.39, 0.29) is 0 Å². The minimum Gasteiger partial charge on any atom is -0.377 e. The van der Waals surface area contributed by atoms with Crippen LogP contribution in [0.25, 0.3) is 0 Å². The molecule has 4 nitrogen and oxygen atoms in total. The Morgan fingerprint density at radius 1 is 1.69 bits per heavy atom. The van der Waals surface area contributed by atoms with Gasteiger partial charge in [-0.25, -0.2) is 0 Å². The Bertz CT molecular complexity index is 314. The summed E-state index contributed by atoms with van der Waals surface area (Å²) in [4.78, 5) is 0. The van der Waals surface area contributed by atoms with Crippen molar-refractivity contribution in [2.24, 2.45) is 0 Å². The highest BCUT2D eigenvalue weighted by Crippen LogP contribution is 2.12. The summed E-state index contributed by atoms with van der Waals surface area (Å²) < 4.78 is 7.40. The van der Waals surface area contributed by atoms with Crippen LogP contribution >= 0.6 is 11.6 Å². The van der Waals surface area contributed by atoms with E-state index in [9.17, 15) is 0 Å². The third-order valence-corrected chi connectivity index (χ3v) is 3.17. The van der Waals surface area contributed by atoms with E-state index >= 15 is 0 Å². The van der Waals surface area contributed by atoms with Gasteiger partial charge in [-0.15, -0.1) is 0 Å². The summed E-state index contributed by atoms with van der Waals surface area (Å²) in [5.74, 6) is 0. The number of halogens is 1. The van der Waals surface area contributed by atoms with Gasteiger partial charge in [0.1, 0.15) is 0 Å². The maximum absolute atomic E-state index is 5.92. The Morgan fingerprint density at radius 2 is 2.56 bits per heavy atom. The number of nitrogens with zero attached hydrogens (tertiary/aromatic N) is 2. The van der Waals surface area contributed by atoms with Gasteiger partial charge in [-0.2, -0.15) is 5.10 Å². The summed E-state index contributed by atoms with van der Waals surface area (Å²) in [5, 5.41) is 8.40. The van der Waals surface area contributed by atoms with Crippen molar-refractivity contribution >= 4 is 11.6 Å². The van der Waals surface area contributed by atoms with Crippen LogP contribution in [0, 0.1) is 6.92 Å². The fourth-order valence-corrected chi connectivity index (χ4v) is 2.02. The van der Waals surface area contributed by atoms with Crippen molar-refractivity contribution < 1.29 is 4.74 Å². The van der Waals surface area contributed by atoms with Crippen molar-refractivity contribution in [2.45, 2.75) is 32.4 Å². The number of ether oxygens (including phenoxy) is 1. The van der Waals surface area contributed by atoms with Gasteiger partial charge in [0.15, 0.2) is 0 Å². The summed E-state index contributed by atoms with van der Waals surface area (Å²) in [7, 11) is 0. The summed E-state index contributed by atoms with van der Waals surface area (Å²) >= 11 is 5.92. The first-order chi connectivity index (χ1) is 7.75. The van der Waals surface area contributed by atoms with E-state index in [0.717, 1.165) is 37.0 Å². The quantitative estimate of drug-likeness (QED) is 0.799. The lowest BCUT2D eigenvalue weighted by Gasteiger charge is -2.10. The van der Waals surface area contributed by atoms with E-state index in [0.29, 0.717) is 6.10 Å². The smallest absolute Gasteiger partial charge is 0.0814 e. The molecule has 1 aromatic heterocycles. The number of aryl methyl sites for hydroxylation is 1. The molecular formula is C11H18ClN3O.